The van der Waals surface area contributed by atoms with E-state index in [-0.39, 0.29) is 24.8 Å². The van der Waals surface area contributed by atoms with Crippen molar-refractivity contribution in [2.75, 3.05) is 20.4 Å². The van der Waals surface area contributed by atoms with Crippen LogP contribution in [-0.4, -0.2) is 41.2 Å². The van der Waals surface area contributed by atoms with E-state index in [1.165, 1.54) is 0 Å². The predicted molar refractivity (Wildman–Crippen MR) is 108 cm³/mol. The lowest BCUT2D eigenvalue weighted by molar-refractivity contribution is 0.0732. The Morgan fingerprint density at radius 3 is 2.90 bits per heavy atom. The topological polar surface area (TPSA) is 93.8 Å². The Bertz CT molecular complexity index is 1200. The minimum Gasteiger partial charge on any atom is -0.497 e. The first kappa shape index (κ1) is 18.2. The average molecular weight is 405 g/mol. The molecule has 1 N–H and O–H groups in total. The molecule has 3 heterocycles. The molecule has 0 unspecified atom stereocenters. The van der Waals surface area contributed by atoms with Gasteiger partial charge in [-0.25, -0.2) is 4.98 Å². The highest BCUT2D eigenvalue weighted by Gasteiger charge is 2.26. The summed E-state index contributed by atoms with van der Waals surface area (Å²) in [6, 6.07) is 12.5. The number of nitrogens with one attached hydrogen (secondary N) is 1. The second kappa shape index (κ2) is 7.22. The lowest BCUT2D eigenvalue weighted by Gasteiger charge is -2.28. The van der Waals surface area contributed by atoms with Crippen molar-refractivity contribution in [3.8, 4) is 28.6 Å². The van der Waals surface area contributed by atoms with E-state index in [0.717, 1.165) is 5.56 Å². The van der Waals surface area contributed by atoms with E-state index in [4.69, 9.17) is 14.2 Å². The minimum absolute atomic E-state index is 0.154. The molecule has 0 aliphatic carbocycles. The van der Waals surface area contributed by atoms with Gasteiger partial charge in [-0.15, -0.1) is 0 Å². The minimum atomic E-state index is -0.235. The van der Waals surface area contributed by atoms with E-state index >= 15 is 0 Å². The highest BCUT2D eigenvalue weighted by atomic mass is 16.7. The summed E-state index contributed by atoms with van der Waals surface area (Å²) in [7, 11) is 1.59. The molecule has 2 aromatic carbocycles. The van der Waals surface area contributed by atoms with Gasteiger partial charge in [0.15, 0.2) is 11.5 Å². The second-order valence-corrected chi connectivity index (χ2v) is 7.12. The van der Waals surface area contributed by atoms with Crippen LogP contribution in [0.1, 0.15) is 21.6 Å². The number of rotatable bonds is 3. The summed E-state index contributed by atoms with van der Waals surface area (Å²) in [6.07, 6.45) is 0.506. The fraction of sp³-hybridized carbons (Fsp3) is 0.227. The summed E-state index contributed by atoms with van der Waals surface area (Å²) < 4.78 is 15.9. The molecule has 8 heteroatoms. The molecule has 0 saturated carbocycles. The van der Waals surface area contributed by atoms with Crippen LogP contribution >= 0.6 is 0 Å². The van der Waals surface area contributed by atoms with Crippen LogP contribution in [0, 0.1) is 0 Å². The number of H-pyrrole nitrogens is 1. The molecule has 3 aromatic rings. The smallest absolute Gasteiger partial charge is 0.256 e. The van der Waals surface area contributed by atoms with Gasteiger partial charge in [-0.05, 0) is 30.3 Å². The maximum Gasteiger partial charge on any atom is 0.256 e. The third kappa shape index (κ3) is 3.16. The zero-order chi connectivity index (χ0) is 20.7. The summed E-state index contributed by atoms with van der Waals surface area (Å²) in [4.78, 5) is 34.9. The van der Waals surface area contributed by atoms with E-state index < -0.39 is 0 Å². The molecule has 5 rings (SSSR count). The zero-order valence-electron chi connectivity index (χ0n) is 16.3. The molecule has 1 amide bonds. The molecule has 0 atom stereocenters. The van der Waals surface area contributed by atoms with E-state index in [2.05, 4.69) is 9.97 Å². The fourth-order valence-electron chi connectivity index (χ4n) is 3.72. The highest BCUT2D eigenvalue weighted by molar-refractivity contribution is 5.95. The normalized spacial score (nSPS) is 14.4. The molecule has 2 aliphatic heterocycles. The number of amides is 1. The number of ether oxygens (including phenoxy) is 3. The SMILES string of the molecule is COc1cccc(-c2nc3c(c(=O)[nH]2)CN(C(=O)c2ccc4c(c2)OCO4)CC3)c1. The summed E-state index contributed by atoms with van der Waals surface area (Å²) in [5.74, 6) is 2.21. The number of carbonyl (C=O) groups is 1. The molecule has 0 fully saturated rings. The first-order chi connectivity index (χ1) is 14.6. The van der Waals surface area contributed by atoms with Crippen molar-refractivity contribution in [1.82, 2.24) is 14.9 Å². The summed E-state index contributed by atoms with van der Waals surface area (Å²) in [5, 5.41) is 0. The zero-order valence-corrected chi connectivity index (χ0v) is 16.3. The van der Waals surface area contributed by atoms with Gasteiger partial charge < -0.3 is 24.1 Å². The van der Waals surface area contributed by atoms with Gasteiger partial charge in [-0.3, -0.25) is 9.59 Å². The third-order valence-corrected chi connectivity index (χ3v) is 5.32. The Morgan fingerprint density at radius 1 is 1.17 bits per heavy atom. The van der Waals surface area contributed by atoms with Gasteiger partial charge in [0, 0.05) is 24.1 Å². The summed E-state index contributed by atoms with van der Waals surface area (Å²) >= 11 is 0. The Morgan fingerprint density at radius 2 is 2.03 bits per heavy atom. The number of carbonyl (C=O) groups excluding carboxylic acids is 1. The van der Waals surface area contributed by atoms with Crippen LogP contribution in [0.4, 0.5) is 0 Å². The van der Waals surface area contributed by atoms with Gasteiger partial charge >= 0.3 is 0 Å². The van der Waals surface area contributed by atoms with Crippen molar-refractivity contribution in [1.29, 1.82) is 0 Å². The Labute approximate surface area is 172 Å². The number of aromatic nitrogens is 2. The van der Waals surface area contributed by atoms with Gasteiger partial charge in [0.05, 0.1) is 24.9 Å². The largest absolute Gasteiger partial charge is 0.497 e. The van der Waals surface area contributed by atoms with Crippen LogP contribution in [0.3, 0.4) is 0 Å². The predicted octanol–water partition coefficient (Wildman–Crippen LogP) is 2.37. The quantitative estimate of drug-likeness (QED) is 0.719. The molecule has 30 heavy (non-hydrogen) atoms. The summed E-state index contributed by atoms with van der Waals surface area (Å²) in [6.45, 7) is 0.846. The van der Waals surface area contributed by atoms with Crippen LogP contribution < -0.4 is 19.8 Å². The number of hydrogen-bond acceptors (Lipinski definition) is 6. The van der Waals surface area contributed by atoms with Crippen molar-refractivity contribution in [2.24, 2.45) is 0 Å². The van der Waals surface area contributed by atoms with E-state index in [0.29, 0.717) is 52.9 Å². The number of aromatic amines is 1. The highest BCUT2D eigenvalue weighted by Crippen LogP contribution is 2.33. The monoisotopic (exact) mass is 405 g/mol. The van der Waals surface area contributed by atoms with E-state index in [9.17, 15) is 9.59 Å². The lowest BCUT2D eigenvalue weighted by Crippen LogP contribution is -2.39. The maximum absolute atomic E-state index is 13.0. The lowest BCUT2D eigenvalue weighted by atomic mass is 10.0. The first-order valence-electron chi connectivity index (χ1n) is 9.58. The molecule has 0 spiro atoms. The number of benzene rings is 2. The van der Waals surface area contributed by atoms with Crippen molar-refractivity contribution in [3.63, 3.8) is 0 Å². The first-order valence-corrected chi connectivity index (χ1v) is 9.58. The summed E-state index contributed by atoms with van der Waals surface area (Å²) in [5.41, 5.74) is 2.27. The molecular weight excluding hydrogens is 386 g/mol. The molecule has 0 saturated heterocycles. The molecule has 2 aliphatic rings. The Hall–Kier alpha value is -3.81. The van der Waals surface area contributed by atoms with Gasteiger partial charge in [-0.1, -0.05) is 12.1 Å². The third-order valence-electron chi connectivity index (χ3n) is 5.32. The maximum atomic E-state index is 13.0. The van der Waals surface area contributed by atoms with Crippen molar-refractivity contribution < 1.29 is 19.0 Å². The molecule has 0 bridgehead atoms. The van der Waals surface area contributed by atoms with Gasteiger partial charge in [0.25, 0.3) is 11.5 Å². The van der Waals surface area contributed by atoms with Gasteiger partial charge in [0.2, 0.25) is 6.79 Å². The Balaban J connectivity index is 1.41. The van der Waals surface area contributed by atoms with Gasteiger partial charge in [-0.2, -0.15) is 0 Å². The van der Waals surface area contributed by atoms with Crippen molar-refractivity contribution in [3.05, 3.63) is 69.6 Å². The van der Waals surface area contributed by atoms with Crippen LogP contribution in [0.25, 0.3) is 11.4 Å². The average Bonchev–Trinajstić information content (AvgIpc) is 3.26. The Kier molecular flexibility index (Phi) is 4.39. The van der Waals surface area contributed by atoms with Crippen LogP contribution in [0.2, 0.25) is 0 Å². The van der Waals surface area contributed by atoms with Crippen LogP contribution in [-0.2, 0) is 13.0 Å². The fourth-order valence-corrected chi connectivity index (χ4v) is 3.72. The molecule has 152 valence electrons. The molecular formula is C22H19N3O5. The van der Waals surface area contributed by atoms with Crippen LogP contribution in [0.5, 0.6) is 17.2 Å². The molecule has 1 aromatic heterocycles. The van der Waals surface area contributed by atoms with E-state index in [1.54, 1.807) is 30.2 Å². The molecule has 8 nitrogen and oxygen atoms in total. The number of fused-ring (bicyclic) bond motifs is 2. The molecule has 0 radical (unpaired) electrons. The van der Waals surface area contributed by atoms with Crippen molar-refractivity contribution in [2.45, 2.75) is 13.0 Å². The second-order valence-electron chi connectivity index (χ2n) is 7.12. The van der Waals surface area contributed by atoms with Crippen molar-refractivity contribution >= 4 is 5.91 Å². The number of hydrogen-bond donors (Lipinski definition) is 1. The number of methoxy groups -OCH3 is 1. The van der Waals surface area contributed by atoms with E-state index in [1.807, 2.05) is 24.3 Å². The number of nitrogens with zero attached hydrogens (tertiary/aromatic N) is 2. The van der Waals surface area contributed by atoms with Gasteiger partial charge in [0.1, 0.15) is 11.6 Å². The van der Waals surface area contributed by atoms with Crippen LogP contribution in [0.15, 0.2) is 47.3 Å². The standard InChI is InChI=1S/C22H19N3O5/c1-28-15-4-2-3-13(9-15)20-23-17-7-8-25(11-16(17)21(26)24-20)22(27)14-5-6-18-19(10-14)30-12-29-18/h2-6,9-10H,7-8,11-12H2,1H3,(H,23,24,26).